The van der Waals surface area contributed by atoms with Gasteiger partial charge in [-0.1, -0.05) is 0 Å². The zero-order valence-electron chi connectivity index (χ0n) is 55.9. The van der Waals surface area contributed by atoms with Crippen LogP contribution >= 0.6 is 0 Å². The molecule has 5 aromatic rings. The average molecular weight is 1270 g/mol. The van der Waals surface area contributed by atoms with E-state index < -0.39 is 0 Å². The number of hydrogen-bond donors (Lipinski definition) is 13. The zero-order valence-corrected chi connectivity index (χ0v) is 55.9. The van der Waals surface area contributed by atoms with Gasteiger partial charge in [-0.05, 0) is 60.7 Å². The van der Waals surface area contributed by atoms with E-state index in [-0.39, 0.29) is 48.6 Å². The Morgan fingerprint density at radius 2 is 0.824 bits per heavy atom. The molecule has 0 spiro atoms. The van der Waals surface area contributed by atoms with Gasteiger partial charge in [0, 0.05) is 63.3 Å². The van der Waals surface area contributed by atoms with Gasteiger partial charge >= 0.3 is 0 Å². The van der Waals surface area contributed by atoms with Gasteiger partial charge in [-0.25, -0.2) is 0 Å². The lowest BCUT2D eigenvalue weighted by Gasteiger charge is -2.45. The van der Waals surface area contributed by atoms with E-state index in [1.807, 2.05) is 7.05 Å². The molecular formula is C67H114N15O9+5. The third-order valence-corrected chi connectivity index (χ3v) is 19.1. The maximum Gasteiger partial charge on any atom is 0.117 e. The minimum absolute atomic E-state index is 0.133. The van der Waals surface area contributed by atoms with Gasteiger partial charge in [0.25, 0.3) is 0 Å². The highest BCUT2D eigenvalue weighted by molar-refractivity contribution is 5.73. The van der Waals surface area contributed by atoms with Crippen LogP contribution in [0.1, 0.15) is 12.8 Å². The Labute approximate surface area is 541 Å². The summed E-state index contributed by atoms with van der Waals surface area (Å²) >= 11 is 0. The fourth-order valence-corrected chi connectivity index (χ4v) is 12.5. The lowest BCUT2D eigenvalue weighted by atomic mass is 10.1. The predicted octanol–water partition coefficient (Wildman–Crippen LogP) is 3.24. The smallest absolute Gasteiger partial charge is 0.117 e. The molecule has 1 atom stereocenters. The molecule has 10 rings (SSSR count). The van der Waals surface area contributed by atoms with E-state index in [0.29, 0.717) is 36.2 Å². The second-order valence-corrected chi connectivity index (χ2v) is 27.4. The number of nitrogens with two attached hydrogens (primary N) is 5. The fourth-order valence-electron chi connectivity index (χ4n) is 12.5. The number of aliphatic hydroxyl groups excluding tert-OH is 3. The van der Waals surface area contributed by atoms with E-state index in [1.165, 1.54) is 6.42 Å². The zero-order chi connectivity index (χ0) is 66.7. The molecule has 506 valence electrons. The third-order valence-electron chi connectivity index (χ3n) is 19.1. The normalized spacial score (nSPS) is 19.0. The molecule has 5 aromatic carbocycles. The summed E-state index contributed by atoms with van der Waals surface area (Å²) < 4.78 is 10.2. The Balaban J connectivity index is 0.000000181. The van der Waals surface area contributed by atoms with Crippen LogP contribution < -0.4 is 53.2 Å². The quantitative estimate of drug-likeness (QED) is 0.0383. The lowest BCUT2D eigenvalue weighted by Crippen LogP contribution is -2.61. The molecule has 0 bridgehead atoms. The van der Waals surface area contributed by atoms with Crippen LogP contribution in [-0.4, -0.2) is 296 Å². The van der Waals surface area contributed by atoms with E-state index in [2.05, 4.69) is 73.8 Å². The number of phenolic OH excluding ortho intramolecular Hbond substituents is 5. The first-order valence-corrected chi connectivity index (χ1v) is 32.2. The van der Waals surface area contributed by atoms with E-state index in [1.54, 1.807) is 91.0 Å². The van der Waals surface area contributed by atoms with Crippen molar-refractivity contribution in [1.29, 1.82) is 0 Å². The summed E-state index contributed by atoms with van der Waals surface area (Å²) in [5, 5.41) is 75.2. The van der Waals surface area contributed by atoms with Crippen molar-refractivity contribution in [3.05, 3.63) is 91.0 Å². The number of rotatable bonds is 16. The number of hydrogen-bond acceptors (Lipinski definition) is 19. The largest absolute Gasteiger partial charge is 0.508 e. The Bertz CT molecular complexity index is 3020. The molecule has 5 fully saturated rings. The van der Waals surface area contributed by atoms with E-state index in [0.717, 1.165) is 206 Å². The van der Waals surface area contributed by atoms with Crippen molar-refractivity contribution < 1.29 is 68.0 Å². The number of phenols is 5. The second-order valence-electron chi connectivity index (χ2n) is 27.4. The maximum atomic E-state index is 9.59. The molecule has 5 saturated heterocycles. The number of benzene rings is 5. The fraction of sp³-hybridized carbons (Fsp3) is 0.552. The highest BCUT2D eigenvalue weighted by Crippen LogP contribution is 2.34. The highest BCUT2D eigenvalue weighted by atomic mass is 16.5. The van der Waals surface area contributed by atoms with Gasteiger partial charge in [0.1, 0.15) is 67.5 Å². The monoisotopic (exact) mass is 1270 g/mol. The number of anilines is 10. The maximum absolute atomic E-state index is 9.59. The molecule has 24 nitrogen and oxygen atoms in total. The van der Waals surface area contributed by atoms with Crippen LogP contribution in [0.5, 0.6) is 28.7 Å². The Hall–Kier alpha value is -7.26. The van der Waals surface area contributed by atoms with Crippen molar-refractivity contribution in [2.45, 2.75) is 18.9 Å². The number of nitrogen functional groups attached to an aromatic ring is 5. The number of piperazine rings is 3. The van der Waals surface area contributed by atoms with Crippen LogP contribution in [0, 0.1) is 0 Å². The van der Waals surface area contributed by atoms with Crippen LogP contribution in [0.3, 0.4) is 0 Å². The summed E-state index contributed by atoms with van der Waals surface area (Å²) in [5.74, 6) is 1.28. The van der Waals surface area contributed by atoms with Crippen molar-refractivity contribution in [3.8, 4) is 28.7 Å². The Kier molecular flexibility index (Phi) is 26.3. The number of nitrogens with zero attached hydrogens (tertiary/aromatic N) is 10. The second kappa shape index (κ2) is 32.8. The first-order chi connectivity index (χ1) is 43.0. The molecule has 0 radical (unpaired) electrons. The van der Waals surface area contributed by atoms with E-state index >= 15 is 0 Å². The predicted molar refractivity (Wildman–Crippen MR) is 371 cm³/mol. The summed E-state index contributed by atoms with van der Waals surface area (Å²) in [7, 11) is 17.6. The molecule has 24 heteroatoms. The van der Waals surface area contributed by atoms with Gasteiger partial charge in [0.2, 0.25) is 0 Å². The molecule has 18 N–H and O–H groups in total. The first-order valence-electron chi connectivity index (χ1n) is 32.2. The molecule has 5 heterocycles. The number of quaternary nitrogens is 5. The van der Waals surface area contributed by atoms with Crippen LogP contribution in [0.15, 0.2) is 91.0 Å². The number of aromatic hydroxyl groups is 5. The third kappa shape index (κ3) is 21.7. The number of aliphatic hydroxyl groups is 3. The highest BCUT2D eigenvalue weighted by Gasteiger charge is 2.35. The summed E-state index contributed by atoms with van der Waals surface area (Å²) in [5.41, 5.74) is 37.9. The topological polar surface area (TPSA) is 317 Å². The number of likely N-dealkylation sites (N-methyl/N-ethyl adjacent to an activating group) is 4. The first kappa shape index (κ1) is 72.8. The molecule has 91 heavy (non-hydrogen) atoms. The molecule has 0 aromatic heterocycles. The van der Waals surface area contributed by atoms with Gasteiger partial charge in [-0.3, -0.25) is 0 Å². The van der Waals surface area contributed by atoms with Crippen LogP contribution in [0.2, 0.25) is 0 Å². The summed E-state index contributed by atoms with van der Waals surface area (Å²) in [4.78, 5) is 11.0. The van der Waals surface area contributed by atoms with Crippen molar-refractivity contribution in [2.24, 2.45) is 0 Å². The van der Waals surface area contributed by atoms with Gasteiger partial charge in [-0.2, -0.15) is 0 Å². The van der Waals surface area contributed by atoms with E-state index in [4.69, 9.17) is 38.5 Å². The van der Waals surface area contributed by atoms with Gasteiger partial charge in [0.15, 0.2) is 0 Å². The van der Waals surface area contributed by atoms with Crippen LogP contribution in [0.4, 0.5) is 56.9 Å². The van der Waals surface area contributed by atoms with Crippen molar-refractivity contribution >= 4 is 56.9 Å². The van der Waals surface area contributed by atoms with Crippen molar-refractivity contribution in [2.75, 3.05) is 280 Å². The minimum atomic E-state index is 0.133. The van der Waals surface area contributed by atoms with Crippen LogP contribution in [-0.2, 0) is 4.74 Å². The molecule has 1 unspecified atom stereocenters. The summed E-state index contributed by atoms with van der Waals surface area (Å²) in [6, 6.07) is 26.1. The number of morpholine rings is 1. The van der Waals surface area contributed by atoms with Gasteiger partial charge in [0.05, 0.1) is 231 Å². The van der Waals surface area contributed by atoms with Crippen molar-refractivity contribution in [1.82, 2.24) is 0 Å². The van der Waals surface area contributed by atoms with Gasteiger partial charge < -0.3 is 121 Å². The van der Waals surface area contributed by atoms with E-state index in [9.17, 15) is 35.7 Å². The molecule has 0 aliphatic carbocycles. The molecule has 5 aliphatic rings. The lowest BCUT2D eigenvalue weighted by molar-refractivity contribution is -0.929. The Morgan fingerprint density at radius 1 is 0.462 bits per heavy atom. The van der Waals surface area contributed by atoms with Crippen molar-refractivity contribution in [3.63, 3.8) is 0 Å². The molecular weight excluding hydrogens is 1160 g/mol. The molecule has 0 saturated carbocycles. The average Bonchev–Trinajstić information content (AvgIpc) is 1.63. The summed E-state index contributed by atoms with van der Waals surface area (Å²) in [6.07, 6.45) is 2.26. The summed E-state index contributed by atoms with van der Waals surface area (Å²) in [6.45, 7) is 21.9. The standard InChI is InChI=1S/C15H25N3O2.C14H23N3O3.C13H21N3O2.C13H21N3O.C12H19N3O/c1-17(15-12-13(19)4-5-14(15)16)6-3-7-18(2)8-10-20-11-9-18;15-13-2-1-12(20)11-14(13)16-3-5-17(6-4-16,7-9-18)8-10-19;1-16(8-9-17)6-4-15(5-7-16)13-10-11(18)2-3-12(13)14;1-16(2,3)10-6-7-15(9-10)13-8-11(17)4-5-12(13)14;1-15(2)7-5-14(6-8-15)12-9-10(16)3-4-11(12)13/h4-5,12H,3,6-11,16H2,1-2H3;1-2,11,18-19H,3-10,15H2;2-3,10,17H,4-9,14H2,1H3;4-5,8,10H,6-7,9,14H2,1-3H3;3-4,9H,5-8,13H2,1-2H3/p+5. The number of ether oxygens (including phenoxy) is 1. The van der Waals surface area contributed by atoms with Gasteiger partial charge in [-0.15, -0.1) is 0 Å². The molecule has 5 aliphatic heterocycles. The Morgan fingerprint density at radius 3 is 1.22 bits per heavy atom. The molecule has 0 amide bonds. The van der Waals surface area contributed by atoms with Crippen LogP contribution in [0.25, 0.3) is 0 Å². The minimum Gasteiger partial charge on any atom is -0.508 e. The SMILES string of the molecule is CN(CCC[N+]1(C)CCOCC1)c1cc(O)ccc1N.C[N+](C)(C)C1CCN(c2cc(O)ccc2N)C1.C[N+]1(C)CCN(c2cc(O)ccc2N)CC1.C[N+]1(CCO)CCN(c2cc(O)ccc2N)CC1.Nc1ccc(O)cc1N1CC[N+](CCO)(CCO)CC1.